The summed E-state index contributed by atoms with van der Waals surface area (Å²) in [6.45, 7) is 5.37. The van der Waals surface area contributed by atoms with Gasteiger partial charge in [-0.25, -0.2) is 4.79 Å². The number of cyclic esters (lactones) is 1. The quantitative estimate of drug-likeness (QED) is 0.128. The van der Waals surface area contributed by atoms with Crippen LogP contribution in [0.5, 0.6) is 0 Å². The fourth-order valence-corrected chi connectivity index (χ4v) is 11.4. The molecule has 14 heteroatoms. The van der Waals surface area contributed by atoms with Crippen LogP contribution in [0.25, 0.3) is 0 Å². The fourth-order valence-electron chi connectivity index (χ4n) is 11.4. The van der Waals surface area contributed by atoms with Gasteiger partial charge in [0.25, 0.3) is 0 Å². The molecule has 0 bridgehead atoms. The Morgan fingerprint density at radius 3 is 2.31 bits per heavy atom. The number of carbonyl (C=O) groups excluding carboxylic acids is 1. The number of hydrogen-bond acceptors (Lipinski definition) is 14. The van der Waals surface area contributed by atoms with Crippen molar-refractivity contribution in [1.29, 1.82) is 0 Å². The number of rotatable bonds is 6. The van der Waals surface area contributed by atoms with Crippen LogP contribution in [0.4, 0.5) is 0 Å². The second kappa shape index (κ2) is 12.7. The van der Waals surface area contributed by atoms with Crippen molar-refractivity contribution in [2.24, 2.45) is 28.6 Å². The Kier molecular flexibility index (Phi) is 9.36. The molecule has 8 N–H and O–H groups in total. The Labute approximate surface area is 285 Å². The van der Waals surface area contributed by atoms with Gasteiger partial charge in [0.15, 0.2) is 12.6 Å². The molecule has 0 aromatic rings. The zero-order valence-corrected chi connectivity index (χ0v) is 28.5. The van der Waals surface area contributed by atoms with Crippen LogP contribution < -0.4 is 0 Å². The van der Waals surface area contributed by atoms with E-state index in [1.807, 2.05) is 13.8 Å². The van der Waals surface area contributed by atoms with E-state index in [1.165, 1.54) is 0 Å². The average molecular weight is 699 g/mol. The molecule has 14 nitrogen and oxygen atoms in total. The van der Waals surface area contributed by atoms with Gasteiger partial charge in [-0.1, -0.05) is 13.8 Å². The number of carbonyl (C=O) groups is 1. The number of fused-ring (bicyclic) bond motifs is 5. The van der Waals surface area contributed by atoms with Crippen LogP contribution in [0.3, 0.4) is 0 Å². The first-order chi connectivity index (χ1) is 23.0. The molecule has 7 aliphatic rings. The SMILES string of the molecule is C[C@H]1O[C@@H](O[C@H]2CC[C@]3(C)C4C(O)C[C@]5(C)[C@@H](C6=CC(=O)OC6)CC[C@]5(O)C4CC[C@]3(O)C2)C[C@H](O)[C@@H]1O[C@@H]1O[C@H](CO)[C@@H](O)[C@H](O)[C@H]1O. The third kappa shape index (κ3) is 5.56. The molecule has 4 saturated carbocycles. The Morgan fingerprint density at radius 1 is 0.878 bits per heavy atom. The zero-order chi connectivity index (χ0) is 35.3. The van der Waals surface area contributed by atoms with E-state index in [4.69, 9.17) is 23.7 Å². The van der Waals surface area contributed by atoms with Gasteiger partial charge in [0, 0.05) is 29.7 Å². The Balaban J connectivity index is 1.00. The van der Waals surface area contributed by atoms with Gasteiger partial charge in [-0.05, 0) is 75.2 Å². The van der Waals surface area contributed by atoms with Gasteiger partial charge >= 0.3 is 5.97 Å². The molecule has 0 spiro atoms. The average Bonchev–Trinajstić information content (AvgIpc) is 3.58. The maximum absolute atomic E-state index is 12.5. The number of esters is 1. The van der Waals surface area contributed by atoms with E-state index in [-0.39, 0.29) is 36.8 Å². The number of aliphatic hydroxyl groups excluding tert-OH is 6. The first kappa shape index (κ1) is 36.1. The summed E-state index contributed by atoms with van der Waals surface area (Å²) in [5.41, 5.74) is -2.63. The molecular weight excluding hydrogens is 644 g/mol. The minimum absolute atomic E-state index is 0.0297. The zero-order valence-electron chi connectivity index (χ0n) is 28.5. The number of aliphatic hydroxyl groups is 8. The predicted octanol–water partition coefficient (Wildman–Crippen LogP) is -0.605. The maximum Gasteiger partial charge on any atom is 0.331 e. The van der Waals surface area contributed by atoms with E-state index in [0.29, 0.717) is 51.4 Å². The largest absolute Gasteiger partial charge is 0.458 e. The van der Waals surface area contributed by atoms with Gasteiger partial charge in [0.05, 0.1) is 42.2 Å². The summed E-state index contributed by atoms with van der Waals surface area (Å²) >= 11 is 0. The lowest BCUT2D eigenvalue weighted by Gasteiger charge is -2.67. The second-order valence-corrected chi connectivity index (χ2v) is 16.5. The van der Waals surface area contributed by atoms with Gasteiger partial charge < -0.3 is 64.5 Å². The topological polar surface area (TPSA) is 225 Å². The van der Waals surface area contributed by atoms with Gasteiger partial charge in [-0.2, -0.15) is 0 Å². The highest BCUT2D eigenvalue weighted by atomic mass is 16.7. The van der Waals surface area contributed by atoms with Crippen molar-refractivity contribution in [3.05, 3.63) is 11.6 Å². The molecule has 0 aromatic heterocycles. The summed E-state index contributed by atoms with van der Waals surface area (Å²) in [5, 5.41) is 87.8. The summed E-state index contributed by atoms with van der Waals surface area (Å²) < 4.78 is 28.9. The van der Waals surface area contributed by atoms with Crippen LogP contribution >= 0.6 is 0 Å². The van der Waals surface area contributed by atoms with E-state index < -0.39 is 96.2 Å². The summed E-state index contributed by atoms with van der Waals surface area (Å²) in [6.07, 6.45) is -6.43. The van der Waals surface area contributed by atoms with E-state index in [1.54, 1.807) is 13.0 Å². The molecule has 278 valence electrons. The van der Waals surface area contributed by atoms with Crippen molar-refractivity contribution >= 4 is 5.97 Å². The standard InChI is InChI=1S/C35H54O14/c1-16-30(49-31-29(42)28(41)27(40)23(14-36)48-31)21(37)11-25(46-16)47-18-4-7-32(2)26-20(5-8-34(32,43)12-18)35(44)9-6-19(17-10-24(39)45-15-17)33(35,3)13-22(26)38/h10,16,18-23,25-31,36-38,40-44H,4-9,11-15H2,1-3H3/t16-,18+,19-,20?,21+,22?,23-,25+,26?,27-,28+,29-,30-,31+,32-,33-,34+,35+/m1/s1. The molecule has 4 aliphatic carbocycles. The molecule has 6 fully saturated rings. The summed E-state index contributed by atoms with van der Waals surface area (Å²) in [4.78, 5) is 11.9. The Morgan fingerprint density at radius 2 is 1.63 bits per heavy atom. The normalized spacial score (nSPS) is 56.0. The minimum atomic E-state index is -1.62. The summed E-state index contributed by atoms with van der Waals surface area (Å²) in [7, 11) is 0. The molecule has 0 aromatic carbocycles. The number of ether oxygens (including phenoxy) is 5. The van der Waals surface area contributed by atoms with Crippen LogP contribution in [-0.4, -0.2) is 139 Å². The third-order valence-corrected chi connectivity index (χ3v) is 14.1. The van der Waals surface area contributed by atoms with Gasteiger partial charge in [-0.3, -0.25) is 0 Å². The molecule has 7 rings (SSSR count). The Hall–Kier alpha value is -1.27. The van der Waals surface area contributed by atoms with Gasteiger partial charge in [0.2, 0.25) is 0 Å². The van der Waals surface area contributed by atoms with Crippen molar-refractivity contribution in [2.75, 3.05) is 13.2 Å². The summed E-state index contributed by atoms with van der Waals surface area (Å²) in [6, 6.07) is 0. The predicted molar refractivity (Wildman–Crippen MR) is 167 cm³/mol. The van der Waals surface area contributed by atoms with Crippen molar-refractivity contribution in [1.82, 2.24) is 0 Å². The highest BCUT2D eigenvalue weighted by Crippen LogP contribution is 2.70. The first-order valence-electron chi connectivity index (χ1n) is 18.0. The summed E-state index contributed by atoms with van der Waals surface area (Å²) in [5.74, 6) is -0.965. The van der Waals surface area contributed by atoms with Gasteiger partial charge in [-0.15, -0.1) is 0 Å². The molecule has 0 amide bonds. The molecular formula is C35H54O14. The van der Waals surface area contributed by atoms with Crippen molar-refractivity contribution in [3.63, 3.8) is 0 Å². The molecule has 3 heterocycles. The number of hydrogen-bond donors (Lipinski definition) is 8. The fraction of sp³-hybridized carbons (Fsp3) is 0.914. The molecule has 49 heavy (non-hydrogen) atoms. The monoisotopic (exact) mass is 698 g/mol. The van der Waals surface area contributed by atoms with E-state index in [9.17, 15) is 45.6 Å². The van der Waals surface area contributed by atoms with Crippen LogP contribution in [0, 0.1) is 28.6 Å². The van der Waals surface area contributed by atoms with Crippen molar-refractivity contribution in [3.8, 4) is 0 Å². The highest BCUT2D eigenvalue weighted by molar-refractivity contribution is 5.85. The van der Waals surface area contributed by atoms with Crippen molar-refractivity contribution < 1.29 is 69.3 Å². The molecule has 3 unspecified atom stereocenters. The maximum atomic E-state index is 12.5. The van der Waals surface area contributed by atoms with Crippen LogP contribution in [0.1, 0.15) is 78.6 Å². The third-order valence-electron chi connectivity index (χ3n) is 14.1. The molecule has 2 saturated heterocycles. The van der Waals surface area contributed by atoms with Crippen LogP contribution in [0.2, 0.25) is 0 Å². The van der Waals surface area contributed by atoms with Gasteiger partial charge in [0.1, 0.15) is 37.1 Å². The minimum Gasteiger partial charge on any atom is -0.458 e. The molecule has 3 aliphatic heterocycles. The van der Waals surface area contributed by atoms with E-state index in [2.05, 4.69) is 0 Å². The van der Waals surface area contributed by atoms with Crippen molar-refractivity contribution in [2.45, 2.75) is 157 Å². The lowest BCUT2D eigenvalue weighted by Crippen LogP contribution is -2.70. The van der Waals surface area contributed by atoms with Crippen LogP contribution in [-0.2, 0) is 28.5 Å². The Bertz CT molecular complexity index is 1280. The first-order valence-corrected chi connectivity index (χ1v) is 18.0. The van der Waals surface area contributed by atoms with Crippen LogP contribution in [0.15, 0.2) is 11.6 Å². The lowest BCUT2D eigenvalue weighted by molar-refractivity contribution is -0.346. The highest BCUT2D eigenvalue weighted by Gasteiger charge is 2.72. The van der Waals surface area contributed by atoms with E-state index >= 15 is 0 Å². The van der Waals surface area contributed by atoms with E-state index in [0.717, 1.165) is 5.57 Å². The lowest BCUT2D eigenvalue weighted by atomic mass is 9.41. The second-order valence-electron chi connectivity index (χ2n) is 16.5. The smallest absolute Gasteiger partial charge is 0.331 e. The molecule has 18 atom stereocenters. The molecule has 0 radical (unpaired) electrons.